The lowest BCUT2D eigenvalue weighted by Crippen LogP contribution is -2.18. The third-order valence-electron chi connectivity index (χ3n) is 8.00. The molecule has 5 aromatic rings. The number of thiazole rings is 1. The van der Waals surface area contributed by atoms with Gasteiger partial charge in [0.1, 0.15) is 5.01 Å². The minimum atomic E-state index is -0.278. The summed E-state index contributed by atoms with van der Waals surface area (Å²) in [5, 5.41) is 2.45. The molecule has 4 aromatic carbocycles. The third-order valence-corrected chi connectivity index (χ3v) is 9.56. The topological polar surface area (TPSA) is 38.9 Å². The van der Waals surface area contributed by atoms with Crippen molar-refractivity contribution in [2.24, 2.45) is 11.7 Å². The van der Waals surface area contributed by atoms with E-state index in [1.165, 1.54) is 22.3 Å². The fourth-order valence-electron chi connectivity index (χ4n) is 6.27. The van der Waals surface area contributed by atoms with E-state index in [-0.39, 0.29) is 11.3 Å². The summed E-state index contributed by atoms with van der Waals surface area (Å²) in [6.45, 7) is 0. The van der Waals surface area contributed by atoms with Gasteiger partial charge in [-0.15, -0.1) is 11.3 Å². The molecule has 38 heavy (non-hydrogen) atoms. The van der Waals surface area contributed by atoms with Gasteiger partial charge in [-0.05, 0) is 77.1 Å². The summed E-state index contributed by atoms with van der Waals surface area (Å²) >= 11 is 14.4. The first-order valence-corrected chi connectivity index (χ1v) is 14.3. The predicted octanol–water partition coefficient (Wildman–Crippen LogP) is 9.11. The van der Waals surface area contributed by atoms with Crippen LogP contribution < -0.4 is 5.73 Å². The van der Waals surface area contributed by atoms with Crippen LogP contribution in [0.5, 0.6) is 0 Å². The number of aromatic nitrogens is 1. The van der Waals surface area contributed by atoms with Crippen molar-refractivity contribution in [3.63, 3.8) is 0 Å². The van der Waals surface area contributed by atoms with Gasteiger partial charge in [0.15, 0.2) is 0 Å². The highest BCUT2D eigenvalue weighted by molar-refractivity contribution is 7.19. The highest BCUT2D eigenvalue weighted by Gasteiger charge is 2.63. The van der Waals surface area contributed by atoms with E-state index >= 15 is 0 Å². The van der Waals surface area contributed by atoms with Crippen LogP contribution in [0.15, 0.2) is 115 Å². The number of hydrogen-bond donors (Lipinski definition) is 1. The van der Waals surface area contributed by atoms with Crippen molar-refractivity contribution in [2.75, 3.05) is 0 Å². The van der Waals surface area contributed by atoms with Crippen molar-refractivity contribution < 1.29 is 0 Å². The van der Waals surface area contributed by atoms with Gasteiger partial charge in [-0.1, -0.05) is 89.9 Å². The van der Waals surface area contributed by atoms with Crippen molar-refractivity contribution in [3.8, 4) is 0 Å². The molecule has 186 valence electrons. The normalized spacial score (nSPS) is 22.6. The molecule has 0 radical (unpaired) electrons. The average Bonchev–Trinajstić information content (AvgIpc) is 3.52. The van der Waals surface area contributed by atoms with E-state index in [0.29, 0.717) is 5.92 Å². The first-order valence-electron chi connectivity index (χ1n) is 12.7. The van der Waals surface area contributed by atoms with Gasteiger partial charge in [-0.3, -0.25) is 0 Å². The maximum absolute atomic E-state index is 7.12. The quantitative estimate of drug-likeness (QED) is 0.242. The summed E-state index contributed by atoms with van der Waals surface area (Å²) < 4.78 is 1.16. The van der Waals surface area contributed by atoms with Crippen LogP contribution in [0.3, 0.4) is 0 Å². The average molecular weight is 552 g/mol. The van der Waals surface area contributed by atoms with Crippen LogP contribution >= 0.6 is 34.5 Å². The second-order valence-electron chi connectivity index (χ2n) is 10.1. The fraction of sp³-hybridized carbons (Fsp3) is 0.121. The van der Waals surface area contributed by atoms with Crippen LogP contribution in [0.25, 0.3) is 21.4 Å². The summed E-state index contributed by atoms with van der Waals surface area (Å²) in [6, 6.07) is 35.5. The van der Waals surface area contributed by atoms with E-state index in [9.17, 15) is 0 Å². The molecule has 5 heteroatoms. The molecule has 2 aliphatic rings. The van der Waals surface area contributed by atoms with E-state index in [4.69, 9.17) is 33.9 Å². The van der Waals surface area contributed by atoms with Crippen molar-refractivity contribution in [3.05, 3.63) is 147 Å². The van der Waals surface area contributed by atoms with Crippen LogP contribution in [0.1, 0.15) is 34.0 Å². The lowest BCUT2D eigenvalue weighted by Gasteiger charge is -2.25. The smallest absolute Gasteiger partial charge is 0.123 e. The Hall–Kier alpha value is -3.37. The molecule has 1 aromatic heterocycles. The Morgan fingerprint density at radius 1 is 0.789 bits per heavy atom. The molecule has 3 unspecified atom stereocenters. The Labute approximate surface area is 236 Å². The monoisotopic (exact) mass is 550 g/mol. The lowest BCUT2D eigenvalue weighted by molar-refractivity contribution is 0.670. The molecule has 2 N–H and O–H groups in total. The standard InChI is InChI=1S/C33H24Cl2N2S/c34-23-14-10-21(11-15-23)30-25(20-6-2-1-3-7-20)18-27(36)31(32-37-28-8-4-5-9-29(28)38-32)33(19-26(30)33)22-12-16-24(35)17-13-22/h1-18,26,30H,19,36H2. The number of allylic oxidation sites excluding steroid dienone is 3. The third kappa shape index (κ3) is 3.80. The van der Waals surface area contributed by atoms with Gasteiger partial charge >= 0.3 is 0 Å². The lowest BCUT2D eigenvalue weighted by atomic mass is 9.78. The molecular weight excluding hydrogens is 527 g/mol. The minimum Gasteiger partial charge on any atom is -0.398 e. The molecule has 0 saturated heterocycles. The number of rotatable bonds is 4. The number of para-hydroxylation sites is 1. The van der Waals surface area contributed by atoms with Crippen LogP contribution in [0.4, 0.5) is 0 Å². The van der Waals surface area contributed by atoms with Crippen molar-refractivity contribution in [1.82, 2.24) is 4.98 Å². The predicted molar refractivity (Wildman–Crippen MR) is 161 cm³/mol. The number of nitrogens with two attached hydrogens (primary N) is 1. The van der Waals surface area contributed by atoms with Crippen molar-refractivity contribution >= 4 is 55.9 Å². The molecule has 1 heterocycles. The zero-order valence-corrected chi connectivity index (χ0v) is 22.8. The number of halogens is 2. The second-order valence-corrected chi connectivity index (χ2v) is 12.0. The Balaban J connectivity index is 1.50. The summed E-state index contributed by atoms with van der Waals surface area (Å²) in [7, 11) is 0. The molecule has 2 nitrogen and oxygen atoms in total. The van der Waals surface area contributed by atoms with Crippen molar-refractivity contribution in [2.45, 2.75) is 17.8 Å². The molecule has 0 bridgehead atoms. The molecule has 1 fully saturated rings. The van der Waals surface area contributed by atoms with Gasteiger partial charge in [0.2, 0.25) is 0 Å². The van der Waals surface area contributed by atoms with Crippen molar-refractivity contribution in [1.29, 1.82) is 0 Å². The second kappa shape index (κ2) is 9.13. The van der Waals surface area contributed by atoms with E-state index in [1.54, 1.807) is 11.3 Å². The zero-order valence-electron chi connectivity index (χ0n) is 20.4. The molecule has 3 atom stereocenters. The summed E-state index contributed by atoms with van der Waals surface area (Å²) in [5.74, 6) is 0.426. The molecule has 2 aliphatic carbocycles. The Morgan fingerprint density at radius 2 is 1.45 bits per heavy atom. The minimum absolute atomic E-state index is 0.135. The Morgan fingerprint density at radius 3 is 2.16 bits per heavy atom. The highest BCUT2D eigenvalue weighted by atomic mass is 35.5. The van der Waals surface area contributed by atoms with Gasteiger partial charge in [0, 0.05) is 32.6 Å². The summed E-state index contributed by atoms with van der Waals surface area (Å²) in [5.41, 5.74) is 14.6. The zero-order chi connectivity index (χ0) is 25.9. The van der Waals surface area contributed by atoms with E-state index in [1.807, 2.05) is 30.3 Å². The number of fused-ring (bicyclic) bond motifs is 2. The van der Waals surface area contributed by atoms with E-state index in [0.717, 1.165) is 43.0 Å². The van der Waals surface area contributed by atoms with Gasteiger partial charge in [-0.25, -0.2) is 4.98 Å². The van der Waals surface area contributed by atoms with Crippen LogP contribution in [-0.2, 0) is 5.41 Å². The van der Waals surface area contributed by atoms with Gasteiger partial charge in [0.05, 0.1) is 10.2 Å². The number of hydrogen-bond acceptors (Lipinski definition) is 3. The fourth-order valence-corrected chi connectivity index (χ4v) is 7.65. The highest BCUT2D eigenvalue weighted by Crippen LogP contribution is 2.70. The molecule has 0 spiro atoms. The molecule has 1 saturated carbocycles. The summed E-state index contributed by atoms with van der Waals surface area (Å²) in [4.78, 5) is 5.11. The Bertz CT molecular complexity index is 1690. The SMILES string of the molecule is NC1=C(c2nc3ccccc3s2)C2(c3ccc(Cl)cc3)CC2C(c2ccc(Cl)cc2)C(c2ccccc2)=C1. The van der Waals surface area contributed by atoms with Gasteiger partial charge < -0.3 is 5.73 Å². The van der Waals surface area contributed by atoms with Crippen LogP contribution in [-0.4, -0.2) is 4.98 Å². The molecule has 7 rings (SSSR count). The van der Waals surface area contributed by atoms with Gasteiger partial charge in [-0.2, -0.15) is 0 Å². The largest absolute Gasteiger partial charge is 0.398 e. The maximum Gasteiger partial charge on any atom is 0.123 e. The molecule has 0 amide bonds. The van der Waals surface area contributed by atoms with Crippen LogP contribution in [0.2, 0.25) is 10.0 Å². The first-order chi connectivity index (χ1) is 18.5. The first kappa shape index (κ1) is 23.7. The van der Waals surface area contributed by atoms with E-state index < -0.39 is 0 Å². The van der Waals surface area contributed by atoms with Gasteiger partial charge in [0.25, 0.3) is 0 Å². The number of benzene rings is 4. The van der Waals surface area contributed by atoms with Crippen LogP contribution in [0, 0.1) is 5.92 Å². The maximum atomic E-state index is 7.12. The number of nitrogens with zero attached hydrogens (tertiary/aromatic N) is 1. The molecule has 0 aliphatic heterocycles. The van der Waals surface area contributed by atoms with E-state index in [2.05, 4.69) is 78.9 Å². The Kier molecular flexibility index (Phi) is 5.70. The summed E-state index contributed by atoms with van der Waals surface area (Å²) in [6.07, 6.45) is 3.16. The molecular formula is C33H24Cl2N2S.